The molecule has 0 heterocycles. The first kappa shape index (κ1) is 16.4. The first-order valence-corrected chi connectivity index (χ1v) is 6.95. The highest BCUT2D eigenvalue weighted by Crippen LogP contribution is 2.31. The number of amides is 2. The van der Waals surface area contributed by atoms with E-state index in [2.05, 4.69) is 0 Å². The third-order valence-corrected chi connectivity index (χ3v) is 3.66. The highest BCUT2D eigenvalue weighted by molar-refractivity contribution is 5.88. The summed E-state index contributed by atoms with van der Waals surface area (Å²) in [6, 6.07) is 0. The molecule has 1 aliphatic carbocycles. The summed E-state index contributed by atoms with van der Waals surface area (Å²) in [5.41, 5.74) is 1.50. The van der Waals surface area contributed by atoms with E-state index in [4.69, 9.17) is 5.21 Å². The van der Waals surface area contributed by atoms with Crippen LogP contribution in [0.3, 0.4) is 0 Å². The predicted octanol–water partition coefficient (Wildman–Crippen LogP) is 0.621. The van der Waals surface area contributed by atoms with E-state index in [9.17, 15) is 19.5 Å². The number of carbonyl (C=O) groups is 3. The minimum atomic E-state index is -0.953. The molecule has 1 rings (SSSR count). The third-order valence-electron chi connectivity index (χ3n) is 3.66. The molecule has 1 saturated carbocycles. The Balaban J connectivity index is 2.80. The lowest BCUT2D eigenvalue weighted by Gasteiger charge is -2.32. The number of carbonyl (C=O) groups excluding carboxylic acids is 2. The van der Waals surface area contributed by atoms with Crippen LogP contribution in [-0.2, 0) is 14.4 Å². The van der Waals surface area contributed by atoms with Crippen molar-refractivity contribution >= 4 is 17.8 Å². The van der Waals surface area contributed by atoms with Gasteiger partial charge in [-0.3, -0.25) is 19.6 Å². The highest BCUT2D eigenvalue weighted by atomic mass is 16.5. The number of hydroxylamine groups is 1. The predicted molar refractivity (Wildman–Crippen MR) is 69.9 cm³/mol. The number of nitrogens with zero attached hydrogens (tertiary/aromatic N) is 1. The Hall–Kier alpha value is -1.63. The van der Waals surface area contributed by atoms with Crippen LogP contribution in [0.5, 0.6) is 0 Å². The van der Waals surface area contributed by atoms with Crippen LogP contribution in [-0.4, -0.2) is 46.1 Å². The molecule has 1 aliphatic rings. The Morgan fingerprint density at radius 3 is 2.30 bits per heavy atom. The van der Waals surface area contributed by atoms with Crippen LogP contribution >= 0.6 is 0 Å². The molecule has 7 nitrogen and oxygen atoms in total. The van der Waals surface area contributed by atoms with Gasteiger partial charge in [0.2, 0.25) is 5.91 Å². The fraction of sp³-hybridized carbons (Fsp3) is 0.769. The number of rotatable bonds is 6. The maximum Gasteiger partial charge on any atom is 0.307 e. The van der Waals surface area contributed by atoms with Gasteiger partial charge in [-0.05, 0) is 19.3 Å². The molecule has 2 amide bonds. The Morgan fingerprint density at radius 1 is 1.20 bits per heavy atom. The second kappa shape index (κ2) is 7.84. The molecule has 0 aromatic rings. The number of nitrogens with one attached hydrogen (secondary N) is 1. The fourth-order valence-electron chi connectivity index (χ4n) is 2.70. The second-order valence-electron chi connectivity index (χ2n) is 5.13. The number of hydrogen-bond acceptors (Lipinski definition) is 4. The molecule has 0 spiro atoms. The van der Waals surface area contributed by atoms with Gasteiger partial charge in [-0.1, -0.05) is 19.8 Å². The Labute approximate surface area is 117 Å². The molecule has 0 bridgehead atoms. The zero-order chi connectivity index (χ0) is 15.1. The minimum Gasteiger partial charge on any atom is -0.481 e. The lowest BCUT2D eigenvalue weighted by molar-refractivity contribution is -0.153. The second-order valence-corrected chi connectivity index (χ2v) is 5.13. The van der Waals surface area contributed by atoms with Crippen LogP contribution in [0.4, 0.5) is 0 Å². The van der Waals surface area contributed by atoms with Crippen molar-refractivity contribution in [2.75, 3.05) is 13.1 Å². The number of hydrogen-bond donors (Lipinski definition) is 3. The number of aliphatic carboxylic acids is 1. The van der Waals surface area contributed by atoms with E-state index in [1.165, 1.54) is 10.4 Å². The van der Waals surface area contributed by atoms with Crippen molar-refractivity contribution in [2.24, 2.45) is 11.8 Å². The molecule has 0 aromatic carbocycles. The molecule has 1 fully saturated rings. The normalized spacial score (nSPS) is 22.1. The van der Waals surface area contributed by atoms with Gasteiger partial charge in [-0.2, -0.15) is 0 Å². The van der Waals surface area contributed by atoms with Gasteiger partial charge in [-0.25, -0.2) is 5.48 Å². The third kappa shape index (κ3) is 4.19. The van der Waals surface area contributed by atoms with Crippen molar-refractivity contribution < 1.29 is 24.7 Å². The molecule has 3 N–H and O–H groups in total. The summed E-state index contributed by atoms with van der Waals surface area (Å²) in [7, 11) is 0. The van der Waals surface area contributed by atoms with Gasteiger partial charge in [-0.15, -0.1) is 0 Å². The molecule has 0 saturated heterocycles. The van der Waals surface area contributed by atoms with Crippen molar-refractivity contribution in [3.05, 3.63) is 0 Å². The van der Waals surface area contributed by atoms with E-state index in [-0.39, 0.29) is 12.5 Å². The van der Waals surface area contributed by atoms with E-state index in [0.717, 1.165) is 12.8 Å². The molecule has 0 radical (unpaired) electrons. The molecule has 20 heavy (non-hydrogen) atoms. The summed E-state index contributed by atoms with van der Waals surface area (Å²) in [6.07, 6.45) is 3.33. The molecule has 114 valence electrons. The SMILES string of the molecule is CCCN(CC(=O)NO)C(=O)[C@H]1CCCC[C@H]1C(=O)O. The summed E-state index contributed by atoms with van der Waals surface area (Å²) >= 11 is 0. The monoisotopic (exact) mass is 286 g/mol. The van der Waals surface area contributed by atoms with E-state index < -0.39 is 23.7 Å². The van der Waals surface area contributed by atoms with Gasteiger partial charge in [0.25, 0.3) is 5.91 Å². The van der Waals surface area contributed by atoms with Crippen LogP contribution in [0, 0.1) is 11.8 Å². The van der Waals surface area contributed by atoms with Crippen molar-refractivity contribution in [1.82, 2.24) is 10.4 Å². The maximum absolute atomic E-state index is 12.5. The number of carboxylic acid groups (broad SMARTS) is 1. The van der Waals surface area contributed by atoms with Crippen LogP contribution in [0.25, 0.3) is 0 Å². The van der Waals surface area contributed by atoms with Crippen molar-refractivity contribution in [3.63, 3.8) is 0 Å². The van der Waals surface area contributed by atoms with Crippen molar-refractivity contribution in [1.29, 1.82) is 0 Å². The zero-order valence-corrected chi connectivity index (χ0v) is 11.7. The first-order chi connectivity index (χ1) is 9.51. The fourth-order valence-corrected chi connectivity index (χ4v) is 2.70. The van der Waals surface area contributed by atoms with E-state index in [0.29, 0.717) is 25.8 Å². The van der Waals surface area contributed by atoms with Gasteiger partial charge >= 0.3 is 5.97 Å². The zero-order valence-electron chi connectivity index (χ0n) is 11.7. The van der Waals surface area contributed by atoms with Gasteiger partial charge in [0.1, 0.15) is 6.54 Å². The van der Waals surface area contributed by atoms with Crippen LogP contribution in [0.1, 0.15) is 39.0 Å². The summed E-state index contributed by atoms with van der Waals surface area (Å²) in [5, 5.41) is 17.8. The van der Waals surface area contributed by atoms with Crippen LogP contribution in [0.15, 0.2) is 0 Å². The van der Waals surface area contributed by atoms with E-state index in [1.54, 1.807) is 0 Å². The maximum atomic E-state index is 12.5. The smallest absolute Gasteiger partial charge is 0.307 e. The molecule has 2 atom stereocenters. The Bertz CT molecular complexity index is 372. The Kier molecular flexibility index (Phi) is 6.44. The van der Waals surface area contributed by atoms with Crippen LogP contribution in [0.2, 0.25) is 0 Å². The van der Waals surface area contributed by atoms with E-state index in [1.807, 2.05) is 6.92 Å². The van der Waals surface area contributed by atoms with Crippen molar-refractivity contribution in [2.45, 2.75) is 39.0 Å². The standard InChI is InChI=1S/C13H22N2O5/c1-2-7-15(8-11(16)14-20)12(17)9-5-3-4-6-10(9)13(18)19/h9-10,20H,2-8H2,1H3,(H,14,16)(H,18,19)/t9-,10+/m0/s1. The topological polar surface area (TPSA) is 107 Å². The molecule has 7 heteroatoms. The van der Waals surface area contributed by atoms with Gasteiger partial charge in [0, 0.05) is 6.54 Å². The number of carboxylic acids is 1. The average molecular weight is 286 g/mol. The largest absolute Gasteiger partial charge is 0.481 e. The molecule has 0 unspecified atom stereocenters. The molecule has 0 aromatic heterocycles. The van der Waals surface area contributed by atoms with Gasteiger partial charge in [0.05, 0.1) is 11.8 Å². The van der Waals surface area contributed by atoms with Gasteiger partial charge < -0.3 is 10.0 Å². The summed E-state index contributed by atoms with van der Waals surface area (Å²) in [4.78, 5) is 36.3. The minimum absolute atomic E-state index is 0.244. The molecular formula is C13H22N2O5. The van der Waals surface area contributed by atoms with Crippen LogP contribution < -0.4 is 5.48 Å². The first-order valence-electron chi connectivity index (χ1n) is 6.95. The molecule has 0 aliphatic heterocycles. The quantitative estimate of drug-likeness (QED) is 0.490. The van der Waals surface area contributed by atoms with E-state index >= 15 is 0 Å². The highest BCUT2D eigenvalue weighted by Gasteiger charge is 2.38. The Morgan fingerprint density at radius 2 is 1.80 bits per heavy atom. The van der Waals surface area contributed by atoms with Gasteiger partial charge in [0.15, 0.2) is 0 Å². The summed E-state index contributed by atoms with van der Waals surface area (Å²) in [6.45, 7) is 1.99. The average Bonchev–Trinajstić information content (AvgIpc) is 2.45. The lowest BCUT2D eigenvalue weighted by Crippen LogP contribution is -2.46. The van der Waals surface area contributed by atoms with Crippen molar-refractivity contribution in [3.8, 4) is 0 Å². The summed E-state index contributed by atoms with van der Waals surface area (Å²) in [5.74, 6) is -3.17. The summed E-state index contributed by atoms with van der Waals surface area (Å²) < 4.78 is 0. The lowest BCUT2D eigenvalue weighted by atomic mass is 9.78. The molecular weight excluding hydrogens is 264 g/mol.